The van der Waals surface area contributed by atoms with Crippen molar-refractivity contribution in [1.82, 2.24) is 10.6 Å². The number of likely N-dealkylation sites (N-methyl/N-ethyl adjacent to an activating group) is 1. The van der Waals surface area contributed by atoms with Gasteiger partial charge in [0.05, 0.1) is 0 Å². The molecule has 3 nitrogen and oxygen atoms in total. The zero-order valence-corrected chi connectivity index (χ0v) is 6.68. The molecule has 1 saturated heterocycles. The summed E-state index contributed by atoms with van der Waals surface area (Å²) in [6, 6.07) is 0.485. The van der Waals surface area contributed by atoms with E-state index in [1.807, 2.05) is 7.05 Å². The minimum absolute atomic E-state index is 0.207. The zero-order chi connectivity index (χ0) is 7.40. The highest BCUT2D eigenvalue weighted by Gasteiger charge is 2.21. The summed E-state index contributed by atoms with van der Waals surface area (Å²) < 4.78 is 5.22. The van der Waals surface area contributed by atoms with Crippen LogP contribution in [0.25, 0.3) is 0 Å². The second-order valence-corrected chi connectivity index (χ2v) is 2.65. The Kier molecular flexibility index (Phi) is 3.12. The Bertz CT molecular complexity index is 85.6. The molecule has 0 aromatic carbocycles. The molecule has 1 aliphatic rings. The lowest BCUT2D eigenvalue weighted by molar-refractivity contribution is 0.0268. The smallest absolute Gasteiger partial charge is 0.123 e. The molecule has 3 heteroatoms. The molecule has 0 aromatic heterocycles. The summed E-state index contributed by atoms with van der Waals surface area (Å²) in [7, 11) is 3.72. The second-order valence-electron chi connectivity index (χ2n) is 2.65. The summed E-state index contributed by atoms with van der Waals surface area (Å²) in [6.45, 7) is 1.08. The Balaban J connectivity index is 2.34. The molecule has 0 radical (unpaired) electrons. The van der Waals surface area contributed by atoms with Crippen molar-refractivity contribution >= 4 is 0 Å². The van der Waals surface area contributed by atoms with Crippen LogP contribution >= 0.6 is 0 Å². The molecule has 1 aliphatic heterocycles. The van der Waals surface area contributed by atoms with Crippen molar-refractivity contribution in [2.24, 2.45) is 0 Å². The molecule has 0 aromatic rings. The molecule has 1 fully saturated rings. The highest BCUT2D eigenvalue weighted by Crippen LogP contribution is 2.07. The van der Waals surface area contributed by atoms with E-state index in [2.05, 4.69) is 10.6 Å². The van der Waals surface area contributed by atoms with E-state index in [4.69, 9.17) is 4.74 Å². The molecule has 10 heavy (non-hydrogen) atoms. The molecular formula is C7H16N2O. The molecule has 0 bridgehead atoms. The maximum absolute atomic E-state index is 5.22. The van der Waals surface area contributed by atoms with Crippen molar-refractivity contribution in [3.8, 4) is 0 Å². The second kappa shape index (κ2) is 3.91. The molecule has 0 saturated carbocycles. The van der Waals surface area contributed by atoms with Crippen LogP contribution in [0.2, 0.25) is 0 Å². The lowest BCUT2D eigenvalue weighted by Crippen LogP contribution is -2.51. The first-order valence-corrected chi connectivity index (χ1v) is 3.82. The Hall–Kier alpha value is -0.120. The first kappa shape index (κ1) is 7.98. The predicted octanol–water partition coefficient (Wildman–Crippen LogP) is -0.0697. The van der Waals surface area contributed by atoms with Crippen molar-refractivity contribution in [3.63, 3.8) is 0 Å². The van der Waals surface area contributed by atoms with Crippen LogP contribution in [0, 0.1) is 0 Å². The van der Waals surface area contributed by atoms with E-state index in [1.54, 1.807) is 7.11 Å². The van der Waals surface area contributed by atoms with E-state index in [0.29, 0.717) is 6.04 Å². The third-order valence-electron chi connectivity index (χ3n) is 2.03. The molecule has 1 heterocycles. The molecule has 0 spiro atoms. The summed E-state index contributed by atoms with van der Waals surface area (Å²) in [4.78, 5) is 0. The van der Waals surface area contributed by atoms with Crippen molar-refractivity contribution in [3.05, 3.63) is 0 Å². The molecule has 1 rings (SSSR count). The molecule has 60 valence electrons. The van der Waals surface area contributed by atoms with Crippen LogP contribution in [0.15, 0.2) is 0 Å². The van der Waals surface area contributed by atoms with E-state index in [0.717, 1.165) is 6.54 Å². The Morgan fingerprint density at radius 3 is 2.90 bits per heavy atom. The maximum Gasteiger partial charge on any atom is 0.123 e. The molecule has 0 aliphatic carbocycles. The fourth-order valence-electron chi connectivity index (χ4n) is 1.40. The van der Waals surface area contributed by atoms with E-state index >= 15 is 0 Å². The normalized spacial score (nSPS) is 34.2. The van der Waals surface area contributed by atoms with Crippen LogP contribution in [-0.2, 0) is 4.74 Å². The number of ether oxygens (including phenoxy) is 1. The number of methoxy groups -OCH3 is 1. The van der Waals surface area contributed by atoms with Gasteiger partial charge < -0.3 is 10.1 Å². The van der Waals surface area contributed by atoms with Gasteiger partial charge in [-0.25, -0.2) is 0 Å². The largest absolute Gasteiger partial charge is 0.365 e. The number of hydrogen-bond acceptors (Lipinski definition) is 3. The maximum atomic E-state index is 5.22. The lowest BCUT2D eigenvalue weighted by Gasteiger charge is -2.30. The van der Waals surface area contributed by atoms with Gasteiger partial charge >= 0.3 is 0 Å². The Morgan fingerprint density at radius 1 is 1.60 bits per heavy atom. The quantitative estimate of drug-likeness (QED) is 0.569. The van der Waals surface area contributed by atoms with Crippen molar-refractivity contribution in [2.75, 3.05) is 20.7 Å². The van der Waals surface area contributed by atoms with Crippen LogP contribution in [0.5, 0.6) is 0 Å². The average molecular weight is 144 g/mol. The summed E-state index contributed by atoms with van der Waals surface area (Å²) in [6.07, 6.45) is 2.66. The zero-order valence-electron chi connectivity index (χ0n) is 6.68. The van der Waals surface area contributed by atoms with Crippen molar-refractivity contribution in [2.45, 2.75) is 25.1 Å². The average Bonchev–Trinajstić information content (AvgIpc) is 2.04. The van der Waals surface area contributed by atoms with Gasteiger partial charge in [0, 0.05) is 13.2 Å². The fraction of sp³-hybridized carbons (Fsp3) is 1.00. The molecular weight excluding hydrogens is 128 g/mol. The third kappa shape index (κ3) is 1.68. The molecule has 2 atom stereocenters. The summed E-state index contributed by atoms with van der Waals surface area (Å²) in [5, 5.41) is 6.50. The standard InChI is InChI=1S/C7H16N2O/c1-8-6-4-3-5-9-7(6)10-2/h6-9H,3-5H2,1-2H3. The molecule has 2 unspecified atom stereocenters. The van der Waals surface area contributed by atoms with Gasteiger partial charge in [-0.05, 0) is 26.4 Å². The highest BCUT2D eigenvalue weighted by molar-refractivity contribution is 4.78. The van der Waals surface area contributed by atoms with Gasteiger partial charge in [-0.3, -0.25) is 5.32 Å². The van der Waals surface area contributed by atoms with Crippen LogP contribution < -0.4 is 10.6 Å². The SMILES string of the molecule is CNC1CCCNC1OC. The van der Waals surface area contributed by atoms with Gasteiger partial charge in [0.15, 0.2) is 0 Å². The Morgan fingerprint density at radius 2 is 2.40 bits per heavy atom. The third-order valence-corrected chi connectivity index (χ3v) is 2.03. The van der Waals surface area contributed by atoms with E-state index in [1.165, 1.54) is 12.8 Å². The minimum atomic E-state index is 0.207. The van der Waals surface area contributed by atoms with E-state index in [9.17, 15) is 0 Å². The number of rotatable bonds is 2. The van der Waals surface area contributed by atoms with Crippen LogP contribution in [0.1, 0.15) is 12.8 Å². The summed E-state index contributed by atoms with van der Waals surface area (Å²) in [5.74, 6) is 0. The first-order chi connectivity index (χ1) is 4.88. The van der Waals surface area contributed by atoms with Gasteiger partial charge in [0.2, 0.25) is 0 Å². The van der Waals surface area contributed by atoms with E-state index < -0.39 is 0 Å². The van der Waals surface area contributed by atoms with Gasteiger partial charge in [0.1, 0.15) is 6.23 Å². The number of piperidine rings is 1. The molecule has 2 N–H and O–H groups in total. The van der Waals surface area contributed by atoms with Gasteiger partial charge in [-0.2, -0.15) is 0 Å². The summed E-state index contributed by atoms with van der Waals surface area (Å²) >= 11 is 0. The van der Waals surface area contributed by atoms with Gasteiger partial charge in [0.25, 0.3) is 0 Å². The molecule has 0 amide bonds. The topological polar surface area (TPSA) is 33.3 Å². The van der Waals surface area contributed by atoms with Crippen molar-refractivity contribution in [1.29, 1.82) is 0 Å². The van der Waals surface area contributed by atoms with Crippen LogP contribution in [-0.4, -0.2) is 33.0 Å². The van der Waals surface area contributed by atoms with Crippen molar-refractivity contribution < 1.29 is 4.74 Å². The predicted molar refractivity (Wildman–Crippen MR) is 40.9 cm³/mol. The number of hydrogen-bond donors (Lipinski definition) is 2. The van der Waals surface area contributed by atoms with Gasteiger partial charge in [-0.15, -0.1) is 0 Å². The first-order valence-electron chi connectivity index (χ1n) is 3.82. The fourth-order valence-corrected chi connectivity index (χ4v) is 1.40. The van der Waals surface area contributed by atoms with Gasteiger partial charge in [-0.1, -0.05) is 0 Å². The summed E-state index contributed by atoms with van der Waals surface area (Å²) in [5.41, 5.74) is 0. The lowest BCUT2D eigenvalue weighted by atomic mass is 10.1. The van der Waals surface area contributed by atoms with E-state index in [-0.39, 0.29) is 6.23 Å². The minimum Gasteiger partial charge on any atom is -0.365 e. The van der Waals surface area contributed by atoms with Crippen LogP contribution in [0.4, 0.5) is 0 Å². The van der Waals surface area contributed by atoms with Crippen LogP contribution in [0.3, 0.4) is 0 Å². The number of nitrogens with one attached hydrogen (secondary N) is 2. The highest BCUT2D eigenvalue weighted by atomic mass is 16.5. The Labute approximate surface area is 62.1 Å². The monoisotopic (exact) mass is 144 g/mol.